The number of nitrogens with zero attached hydrogens (tertiary/aromatic N) is 2. The van der Waals surface area contributed by atoms with Crippen LogP contribution in [0.1, 0.15) is 5.56 Å². The van der Waals surface area contributed by atoms with Crippen molar-refractivity contribution in [3.8, 4) is 5.75 Å². The van der Waals surface area contributed by atoms with Crippen LogP contribution in [0.3, 0.4) is 0 Å². The summed E-state index contributed by atoms with van der Waals surface area (Å²) in [6.07, 6.45) is 1.37. The van der Waals surface area contributed by atoms with Gasteiger partial charge in [0.2, 0.25) is 10.0 Å². The molecule has 26 heavy (non-hydrogen) atoms. The molecule has 0 radical (unpaired) electrons. The number of benzene rings is 1. The number of hydrogen-bond acceptors (Lipinski definition) is 4. The van der Waals surface area contributed by atoms with Gasteiger partial charge in [0.15, 0.2) is 6.67 Å². The van der Waals surface area contributed by atoms with E-state index in [2.05, 4.69) is 0 Å². The number of ether oxygens (including phenoxy) is 1. The van der Waals surface area contributed by atoms with Crippen LogP contribution in [0.5, 0.6) is 5.75 Å². The molecule has 0 bridgehead atoms. The lowest BCUT2D eigenvalue weighted by Crippen LogP contribution is -3.07. The molecule has 0 aliphatic rings. The summed E-state index contributed by atoms with van der Waals surface area (Å²) in [5, 5.41) is 0.602. The second-order valence-electron chi connectivity index (χ2n) is 6.21. The van der Waals surface area contributed by atoms with E-state index in [9.17, 15) is 13.2 Å². The Hall–Kier alpha value is -1.87. The lowest BCUT2D eigenvalue weighted by Gasteiger charge is -2.18. The van der Waals surface area contributed by atoms with Gasteiger partial charge in [-0.3, -0.25) is 9.36 Å². The third-order valence-electron chi connectivity index (χ3n) is 3.91. The number of aromatic nitrogens is 1. The summed E-state index contributed by atoms with van der Waals surface area (Å²) in [6, 6.07) is 7.95. The van der Waals surface area contributed by atoms with E-state index in [0.717, 1.165) is 14.8 Å². The molecule has 0 saturated carbocycles. The monoisotopic (exact) mass is 400 g/mol. The summed E-state index contributed by atoms with van der Waals surface area (Å²) in [6.45, 7) is 0.853. The third-order valence-corrected chi connectivity index (χ3v) is 5.94. The molecule has 142 valence electrons. The second kappa shape index (κ2) is 8.22. The van der Waals surface area contributed by atoms with E-state index in [4.69, 9.17) is 16.3 Å². The minimum atomic E-state index is -3.60. The fourth-order valence-electron chi connectivity index (χ4n) is 2.55. The van der Waals surface area contributed by atoms with Gasteiger partial charge in [0.25, 0.3) is 5.56 Å². The van der Waals surface area contributed by atoms with Crippen molar-refractivity contribution in [1.29, 1.82) is 0 Å². The first kappa shape index (κ1) is 20.4. The van der Waals surface area contributed by atoms with E-state index in [1.54, 1.807) is 19.2 Å². The lowest BCUT2D eigenvalue weighted by molar-refractivity contribution is -0.917. The Morgan fingerprint density at radius 1 is 1.23 bits per heavy atom. The smallest absolute Gasteiger partial charge is 0.254 e. The van der Waals surface area contributed by atoms with Gasteiger partial charge < -0.3 is 9.64 Å². The average Bonchev–Trinajstić information content (AvgIpc) is 2.56. The normalized spacial score (nSPS) is 13.0. The third kappa shape index (κ3) is 4.64. The minimum Gasteiger partial charge on any atom is -0.496 e. The Morgan fingerprint density at radius 2 is 1.92 bits per heavy atom. The summed E-state index contributed by atoms with van der Waals surface area (Å²) in [4.78, 5) is 13.2. The summed E-state index contributed by atoms with van der Waals surface area (Å²) in [5.41, 5.74) is 0.641. The van der Waals surface area contributed by atoms with Crippen molar-refractivity contribution in [2.75, 3.05) is 28.3 Å². The molecule has 0 fully saturated rings. The summed E-state index contributed by atoms with van der Waals surface area (Å²) < 4.78 is 32.4. The van der Waals surface area contributed by atoms with Crippen LogP contribution in [0.2, 0.25) is 5.02 Å². The predicted molar refractivity (Wildman–Crippen MR) is 100 cm³/mol. The van der Waals surface area contributed by atoms with Gasteiger partial charge in [0.1, 0.15) is 12.3 Å². The number of quaternary nitrogens is 1. The van der Waals surface area contributed by atoms with Gasteiger partial charge in [-0.25, -0.2) is 12.7 Å². The molecule has 0 aliphatic carbocycles. The van der Waals surface area contributed by atoms with E-state index in [1.165, 1.54) is 37.0 Å². The van der Waals surface area contributed by atoms with E-state index < -0.39 is 10.0 Å². The first-order valence-electron chi connectivity index (χ1n) is 7.92. The fourth-order valence-corrected chi connectivity index (χ4v) is 3.67. The molecule has 1 atom stereocenters. The van der Waals surface area contributed by atoms with Crippen molar-refractivity contribution in [3.63, 3.8) is 0 Å². The number of rotatable bonds is 7. The minimum absolute atomic E-state index is 0.0789. The molecule has 0 amide bonds. The number of nitrogens with one attached hydrogen (secondary N) is 1. The van der Waals surface area contributed by atoms with Crippen molar-refractivity contribution in [3.05, 3.63) is 57.5 Å². The Morgan fingerprint density at radius 3 is 2.54 bits per heavy atom. The van der Waals surface area contributed by atoms with Gasteiger partial charge in [-0.1, -0.05) is 11.6 Å². The van der Waals surface area contributed by atoms with Crippen LogP contribution in [-0.4, -0.2) is 45.5 Å². The van der Waals surface area contributed by atoms with Crippen LogP contribution in [0.4, 0.5) is 0 Å². The number of methoxy groups -OCH3 is 1. The summed E-state index contributed by atoms with van der Waals surface area (Å²) >= 11 is 6.05. The second-order valence-corrected chi connectivity index (χ2v) is 8.80. The SMILES string of the molecule is COc1ccc(Cl)cc1C[NH+](C)Cn1cc(S(=O)(=O)N(C)C)ccc1=O. The maximum atomic E-state index is 12.3. The van der Waals surface area contributed by atoms with Crippen LogP contribution < -0.4 is 15.2 Å². The largest absolute Gasteiger partial charge is 0.496 e. The predicted octanol–water partition coefficient (Wildman–Crippen LogP) is 0.433. The van der Waals surface area contributed by atoms with Gasteiger partial charge in [0, 0.05) is 36.9 Å². The molecule has 7 nitrogen and oxygen atoms in total. The Bertz CT molecular complexity index is 941. The average molecular weight is 401 g/mol. The van der Waals surface area contributed by atoms with Crippen LogP contribution in [-0.2, 0) is 23.2 Å². The molecule has 0 aliphatic heterocycles. The van der Waals surface area contributed by atoms with E-state index in [0.29, 0.717) is 24.0 Å². The van der Waals surface area contributed by atoms with Crippen LogP contribution in [0, 0.1) is 0 Å². The van der Waals surface area contributed by atoms with Crippen LogP contribution in [0.25, 0.3) is 0 Å². The number of sulfonamides is 1. The highest BCUT2D eigenvalue weighted by molar-refractivity contribution is 7.89. The topological polar surface area (TPSA) is 73.1 Å². The lowest BCUT2D eigenvalue weighted by atomic mass is 10.2. The van der Waals surface area contributed by atoms with E-state index in [1.807, 2.05) is 13.1 Å². The van der Waals surface area contributed by atoms with Crippen molar-refractivity contribution < 1.29 is 18.1 Å². The zero-order valence-electron chi connectivity index (χ0n) is 15.2. The van der Waals surface area contributed by atoms with Crippen LogP contribution >= 0.6 is 11.6 Å². The van der Waals surface area contributed by atoms with E-state index >= 15 is 0 Å². The van der Waals surface area contributed by atoms with Gasteiger partial charge in [0.05, 0.1) is 19.1 Å². The Balaban J connectivity index is 2.26. The van der Waals surface area contributed by atoms with Crippen molar-refractivity contribution in [2.24, 2.45) is 0 Å². The van der Waals surface area contributed by atoms with E-state index in [-0.39, 0.29) is 10.5 Å². The standard InChI is InChI=1S/C17H22ClN3O4S/c1-19(2)26(23,24)15-6-8-17(22)21(11-15)12-20(3)10-13-9-14(18)5-7-16(13)25-4/h5-9,11H,10,12H2,1-4H3/p+1. The molecule has 1 aromatic carbocycles. The molecule has 0 spiro atoms. The van der Waals surface area contributed by atoms with Crippen molar-refractivity contribution in [1.82, 2.24) is 8.87 Å². The molecular weight excluding hydrogens is 378 g/mol. The highest BCUT2D eigenvalue weighted by Gasteiger charge is 2.19. The van der Waals surface area contributed by atoms with Gasteiger partial charge >= 0.3 is 0 Å². The Labute approximate surface area is 158 Å². The summed E-state index contributed by atoms with van der Waals surface area (Å²) in [7, 11) is 2.79. The quantitative estimate of drug-likeness (QED) is 0.731. The molecule has 2 aromatic rings. The first-order chi connectivity index (χ1) is 12.1. The van der Waals surface area contributed by atoms with Gasteiger partial charge in [-0.2, -0.15) is 0 Å². The maximum Gasteiger partial charge on any atom is 0.254 e. The molecule has 2 rings (SSSR count). The van der Waals surface area contributed by atoms with Crippen molar-refractivity contribution in [2.45, 2.75) is 18.1 Å². The molecule has 1 heterocycles. The molecule has 1 aromatic heterocycles. The van der Waals surface area contributed by atoms with Crippen molar-refractivity contribution >= 4 is 21.6 Å². The van der Waals surface area contributed by atoms with Gasteiger partial charge in [-0.15, -0.1) is 0 Å². The number of pyridine rings is 1. The maximum absolute atomic E-state index is 12.3. The molecule has 9 heteroatoms. The fraction of sp³-hybridized carbons (Fsp3) is 0.353. The highest BCUT2D eigenvalue weighted by Crippen LogP contribution is 2.21. The molecular formula is C17H23ClN3O4S+. The first-order valence-corrected chi connectivity index (χ1v) is 9.73. The number of hydrogen-bond donors (Lipinski definition) is 1. The molecule has 0 saturated heterocycles. The summed E-state index contributed by atoms with van der Waals surface area (Å²) in [5.74, 6) is 0.713. The zero-order chi connectivity index (χ0) is 19.5. The van der Waals surface area contributed by atoms with Gasteiger partial charge in [-0.05, 0) is 24.3 Å². The zero-order valence-corrected chi connectivity index (χ0v) is 16.8. The van der Waals surface area contributed by atoms with Crippen LogP contribution in [0.15, 0.2) is 46.2 Å². The molecule has 1 N–H and O–H groups in total. The molecule has 1 unspecified atom stereocenters. The highest BCUT2D eigenvalue weighted by atomic mass is 35.5. The number of halogens is 1. The Kier molecular flexibility index (Phi) is 6.46.